The van der Waals surface area contributed by atoms with Crippen LogP contribution in [0.3, 0.4) is 0 Å². The van der Waals surface area contributed by atoms with E-state index in [1.165, 1.54) is 24.3 Å². The first-order valence-corrected chi connectivity index (χ1v) is 7.98. The molecule has 1 aromatic carbocycles. The second kappa shape index (κ2) is 6.97. The Kier molecular flexibility index (Phi) is 5.29. The molecule has 1 fully saturated rings. The van der Waals surface area contributed by atoms with Gasteiger partial charge in [-0.25, -0.2) is 0 Å². The summed E-state index contributed by atoms with van der Waals surface area (Å²) >= 11 is 0. The van der Waals surface area contributed by atoms with Crippen molar-refractivity contribution in [3.63, 3.8) is 0 Å². The topological polar surface area (TPSA) is 78.5 Å². The molecule has 0 spiro atoms. The lowest BCUT2D eigenvalue weighted by molar-refractivity contribution is -0.167. The summed E-state index contributed by atoms with van der Waals surface area (Å²) in [4.78, 5) is 37.2. The molecule has 0 aromatic heterocycles. The van der Waals surface area contributed by atoms with Gasteiger partial charge in [0, 0.05) is 18.5 Å². The standard InChI is InChI=1S/C17H20F3N3O3/c1-16(2,3)23-9-10(8-13(23)24)14(25)21-11-6-4-5-7-12(11)22-15(26)17(18,19)20/h4-7,10H,8-9H2,1-3H3,(H,21,25)(H,22,26). The maximum absolute atomic E-state index is 12.4. The number of likely N-dealkylation sites (tertiary alicyclic amines) is 1. The van der Waals surface area contributed by atoms with Crippen molar-refractivity contribution in [2.45, 2.75) is 38.9 Å². The van der Waals surface area contributed by atoms with Gasteiger partial charge in [-0.05, 0) is 32.9 Å². The number of alkyl halides is 3. The summed E-state index contributed by atoms with van der Waals surface area (Å²) in [6.07, 6.45) is -5.01. The summed E-state index contributed by atoms with van der Waals surface area (Å²) in [5.41, 5.74) is -0.554. The quantitative estimate of drug-likeness (QED) is 0.858. The van der Waals surface area contributed by atoms with Crippen molar-refractivity contribution in [3.8, 4) is 0 Å². The molecule has 1 aliphatic rings. The monoisotopic (exact) mass is 371 g/mol. The van der Waals surface area contributed by atoms with Crippen molar-refractivity contribution >= 4 is 29.1 Å². The van der Waals surface area contributed by atoms with Gasteiger partial charge in [0.2, 0.25) is 11.8 Å². The minimum absolute atomic E-state index is 0.0280. The molecule has 0 saturated carbocycles. The van der Waals surface area contributed by atoms with Gasteiger partial charge < -0.3 is 15.5 Å². The summed E-state index contributed by atoms with van der Waals surface area (Å²) in [7, 11) is 0. The van der Waals surface area contributed by atoms with Crippen LogP contribution < -0.4 is 10.6 Å². The molecule has 1 heterocycles. The third kappa shape index (κ3) is 4.53. The number of para-hydroxylation sites is 2. The van der Waals surface area contributed by atoms with Crippen LogP contribution in [0.25, 0.3) is 0 Å². The molecular formula is C17H20F3N3O3. The number of nitrogens with zero attached hydrogens (tertiary/aromatic N) is 1. The SMILES string of the molecule is CC(C)(C)N1CC(C(=O)Nc2ccccc2NC(=O)C(F)(F)F)CC1=O. The highest BCUT2D eigenvalue weighted by Crippen LogP contribution is 2.29. The molecule has 0 radical (unpaired) electrons. The van der Waals surface area contributed by atoms with Crippen LogP contribution in [0.4, 0.5) is 24.5 Å². The Morgan fingerprint density at radius 1 is 1.08 bits per heavy atom. The molecule has 26 heavy (non-hydrogen) atoms. The molecule has 1 saturated heterocycles. The fourth-order valence-corrected chi connectivity index (χ4v) is 2.66. The predicted octanol–water partition coefficient (Wildman–Crippen LogP) is 2.77. The number of nitrogens with one attached hydrogen (secondary N) is 2. The molecule has 2 rings (SSSR count). The van der Waals surface area contributed by atoms with Gasteiger partial charge in [-0.15, -0.1) is 0 Å². The van der Waals surface area contributed by atoms with E-state index < -0.39 is 29.4 Å². The van der Waals surface area contributed by atoms with Crippen LogP contribution in [-0.2, 0) is 14.4 Å². The van der Waals surface area contributed by atoms with Gasteiger partial charge in [0.1, 0.15) is 0 Å². The Morgan fingerprint density at radius 2 is 1.62 bits per heavy atom. The number of benzene rings is 1. The highest BCUT2D eigenvalue weighted by atomic mass is 19.4. The fraction of sp³-hybridized carbons (Fsp3) is 0.471. The molecule has 1 unspecified atom stereocenters. The maximum atomic E-state index is 12.4. The lowest BCUT2D eigenvalue weighted by atomic mass is 10.1. The van der Waals surface area contributed by atoms with Crippen molar-refractivity contribution in [2.75, 3.05) is 17.2 Å². The van der Waals surface area contributed by atoms with Gasteiger partial charge in [0.05, 0.1) is 17.3 Å². The van der Waals surface area contributed by atoms with E-state index >= 15 is 0 Å². The third-order valence-corrected chi connectivity index (χ3v) is 4.00. The zero-order valence-corrected chi connectivity index (χ0v) is 14.6. The minimum Gasteiger partial charge on any atom is -0.337 e. The molecule has 6 nitrogen and oxygen atoms in total. The van der Waals surface area contributed by atoms with Crippen LogP contribution in [0.5, 0.6) is 0 Å². The molecule has 142 valence electrons. The Balaban J connectivity index is 2.11. The summed E-state index contributed by atoms with van der Waals surface area (Å²) in [6.45, 7) is 5.79. The molecule has 0 bridgehead atoms. The lowest BCUT2D eigenvalue weighted by Crippen LogP contribution is -2.42. The van der Waals surface area contributed by atoms with Crippen molar-refractivity contribution < 1.29 is 27.6 Å². The molecule has 3 amide bonds. The largest absolute Gasteiger partial charge is 0.471 e. The molecule has 2 N–H and O–H groups in total. The van der Waals surface area contributed by atoms with Gasteiger partial charge in [0.25, 0.3) is 0 Å². The molecule has 0 aliphatic carbocycles. The highest BCUT2D eigenvalue weighted by Gasteiger charge is 2.40. The van der Waals surface area contributed by atoms with E-state index in [0.29, 0.717) is 0 Å². The number of amides is 3. The first-order valence-electron chi connectivity index (χ1n) is 7.98. The van der Waals surface area contributed by atoms with Crippen LogP contribution in [-0.4, -0.2) is 40.9 Å². The number of rotatable bonds is 3. The fourth-order valence-electron chi connectivity index (χ4n) is 2.66. The molecule has 1 aromatic rings. The predicted molar refractivity (Wildman–Crippen MR) is 89.3 cm³/mol. The minimum atomic E-state index is -5.04. The van der Waals surface area contributed by atoms with E-state index in [9.17, 15) is 27.6 Å². The summed E-state index contributed by atoms with van der Waals surface area (Å²) in [6, 6.07) is 5.57. The van der Waals surface area contributed by atoms with Gasteiger partial charge >= 0.3 is 12.1 Å². The van der Waals surface area contributed by atoms with Crippen molar-refractivity contribution in [3.05, 3.63) is 24.3 Å². The summed E-state index contributed by atoms with van der Waals surface area (Å²) in [5, 5.41) is 4.23. The summed E-state index contributed by atoms with van der Waals surface area (Å²) in [5.74, 6) is -3.39. The summed E-state index contributed by atoms with van der Waals surface area (Å²) < 4.78 is 37.3. The lowest BCUT2D eigenvalue weighted by Gasteiger charge is -2.32. The molecular weight excluding hydrogens is 351 g/mol. The Hall–Kier alpha value is -2.58. The third-order valence-electron chi connectivity index (χ3n) is 4.00. The van der Waals surface area contributed by atoms with Crippen LogP contribution in [0.1, 0.15) is 27.2 Å². The Bertz CT molecular complexity index is 726. The Labute approximate surface area is 148 Å². The number of hydrogen-bond acceptors (Lipinski definition) is 3. The zero-order chi connectivity index (χ0) is 19.7. The zero-order valence-electron chi connectivity index (χ0n) is 14.6. The van der Waals surface area contributed by atoms with Crippen molar-refractivity contribution in [2.24, 2.45) is 5.92 Å². The first-order chi connectivity index (χ1) is 11.9. The average molecular weight is 371 g/mol. The van der Waals surface area contributed by atoms with Crippen LogP contribution in [0.15, 0.2) is 24.3 Å². The van der Waals surface area contributed by atoms with Gasteiger partial charge in [-0.2, -0.15) is 13.2 Å². The highest BCUT2D eigenvalue weighted by molar-refractivity contribution is 6.03. The van der Waals surface area contributed by atoms with Crippen molar-refractivity contribution in [1.29, 1.82) is 0 Å². The van der Waals surface area contributed by atoms with E-state index in [4.69, 9.17) is 0 Å². The van der Waals surface area contributed by atoms with E-state index in [2.05, 4.69) is 5.32 Å². The average Bonchev–Trinajstić information content (AvgIpc) is 2.90. The number of hydrogen-bond donors (Lipinski definition) is 2. The second-order valence-electron chi connectivity index (χ2n) is 7.06. The second-order valence-corrected chi connectivity index (χ2v) is 7.06. The van der Waals surface area contributed by atoms with E-state index in [0.717, 1.165) is 0 Å². The van der Waals surface area contributed by atoms with Crippen molar-refractivity contribution in [1.82, 2.24) is 4.90 Å². The smallest absolute Gasteiger partial charge is 0.337 e. The molecule has 9 heteroatoms. The van der Waals surface area contributed by atoms with Gasteiger partial charge in [-0.1, -0.05) is 12.1 Å². The molecule has 1 aliphatic heterocycles. The number of halogens is 3. The number of carbonyl (C=O) groups excluding carboxylic acids is 3. The maximum Gasteiger partial charge on any atom is 0.471 e. The van der Waals surface area contributed by atoms with E-state index in [1.54, 1.807) is 10.2 Å². The van der Waals surface area contributed by atoms with Gasteiger partial charge in [-0.3, -0.25) is 14.4 Å². The van der Waals surface area contributed by atoms with Gasteiger partial charge in [0.15, 0.2) is 0 Å². The van der Waals surface area contributed by atoms with Crippen LogP contribution in [0.2, 0.25) is 0 Å². The van der Waals surface area contributed by atoms with Crippen LogP contribution in [0, 0.1) is 5.92 Å². The van der Waals surface area contributed by atoms with E-state index in [-0.39, 0.29) is 30.2 Å². The normalized spacial score (nSPS) is 18.0. The van der Waals surface area contributed by atoms with E-state index in [1.807, 2.05) is 20.8 Å². The van der Waals surface area contributed by atoms with Crippen LogP contribution >= 0.6 is 0 Å². The Morgan fingerprint density at radius 3 is 2.08 bits per heavy atom. The first kappa shape index (κ1) is 19.7. The number of carbonyl (C=O) groups is 3. The number of anilines is 2. The molecule has 1 atom stereocenters.